The molecule has 4 rings (SSSR count). The second kappa shape index (κ2) is 6.94. The lowest BCUT2D eigenvalue weighted by atomic mass is 9.95. The Hall–Kier alpha value is -1.63. The molecule has 132 valence electrons. The average molecular weight is 380 g/mol. The van der Waals surface area contributed by atoms with Gasteiger partial charge in [-0.1, -0.05) is 28.4 Å². The zero-order valence-electron chi connectivity index (χ0n) is 13.6. The van der Waals surface area contributed by atoms with E-state index in [1.807, 2.05) is 17.0 Å². The second-order valence-electron chi connectivity index (χ2n) is 6.69. The maximum Gasteiger partial charge on any atom is 0.240 e. The number of aromatic amines is 1. The topological polar surface area (TPSA) is 73.9 Å². The van der Waals surface area contributed by atoms with Crippen molar-refractivity contribution in [3.8, 4) is 0 Å². The molecule has 0 spiro atoms. The molecule has 8 heteroatoms. The molecule has 1 unspecified atom stereocenters. The zero-order valence-corrected chi connectivity index (χ0v) is 15.1. The Balaban J connectivity index is 1.61. The first kappa shape index (κ1) is 16.8. The van der Waals surface area contributed by atoms with Crippen LogP contribution in [-0.2, 0) is 24.2 Å². The van der Waals surface area contributed by atoms with E-state index >= 15 is 0 Å². The van der Waals surface area contributed by atoms with Crippen LogP contribution < -0.4 is 5.32 Å². The average Bonchev–Trinajstić information content (AvgIpc) is 3.24. The van der Waals surface area contributed by atoms with Crippen LogP contribution in [0.2, 0.25) is 10.0 Å². The van der Waals surface area contributed by atoms with E-state index in [4.69, 9.17) is 23.2 Å². The molecule has 2 atom stereocenters. The number of benzene rings is 1. The normalized spacial score (nSPS) is 22.9. The van der Waals surface area contributed by atoms with Crippen molar-refractivity contribution >= 4 is 29.1 Å². The van der Waals surface area contributed by atoms with Crippen molar-refractivity contribution < 1.29 is 4.79 Å². The van der Waals surface area contributed by atoms with Gasteiger partial charge in [-0.05, 0) is 49.6 Å². The summed E-state index contributed by atoms with van der Waals surface area (Å²) < 4.78 is 0. The van der Waals surface area contributed by atoms with E-state index in [0.717, 1.165) is 36.3 Å². The van der Waals surface area contributed by atoms with Gasteiger partial charge in [0.05, 0.1) is 18.3 Å². The highest BCUT2D eigenvalue weighted by molar-refractivity contribution is 6.34. The third kappa shape index (κ3) is 3.52. The SMILES string of the molecule is O=C(C1CCCN1)N1Cc2nn[nH]c2C[C@@H]1Cc1cc(Cl)cc(Cl)c1. The molecular weight excluding hydrogens is 361 g/mol. The standard InChI is InChI=1S/C17H19Cl2N5O/c18-11-4-10(5-12(19)7-11)6-13-8-15-16(22-23-21-15)9-24(13)17(25)14-2-1-3-20-14/h4-5,7,13-14,20H,1-3,6,8-9H2,(H,21,22,23)/t13-,14?/m0/s1. The number of amides is 1. The summed E-state index contributed by atoms with van der Waals surface area (Å²) in [6.45, 7) is 1.38. The number of H-pyrrole nitrogens is 1. The molecule has 2 aliphatic rings. The van der Waals surface area contributed by atoms with Gasteiger partial charge in [0.25, 0.3) is 0 Å². The van der Waals surface area contributed by atoms with E-state index in [0.29, 0.717) is 29.4 Å². The number of hydrogen-bond donors (Lipinski definition) is 2. The van der Waals surface area contributed by atoms with Crippen molar-refractivity contribution in [1.29, 1.82) is 0 Å². The van der Waals surface area contributed by atoms with Gasteiger partial charge in [-0.3, -0.25) is 9.89 Å². The minimum Gasteiger partial charge on any atom is -0.332 e. The first-order valence-electron chi connectivity index (χ1n) is 8.48. The lowest BCUT2D eigenvalue weighted by molar-refractivity contribution is -0.136. The van der Waals surface area contributed by atoms with Gasteiger partial charge in [0.15, 0.2) is 0 Å². The molecule has 1 amide bonds. The molecule has 1 saturated heterocycles. The van der Waals surface area contributed by atoms with E-state index in [1.165, 1.54) is 0 Å². The molecule has 1 aromatic heterocycles. The molecule has 25 heavy (non-hydrogen) atoms. The molecule has 6 nitrogen and oxygen atoms in total. The van der Waals surface area contributed by atoms with Crippen LogP contribution in [0.5, 0.6) is 0 Å². The maximum absolute atomic E-state index is 13.0. The van der Waals surface area contributed by atoms with Crippen LogP contribution in [0.25, 0.3) is 0 Å². The van der Waals surface area contributed by atoms with Gasteiger partial charge in [0, 0.05) is 22.5 Å². The molecule has 1 aromatic carbocycles. The number of carbonyl (C=O) groups is 1. The number of hydrogen-bond acceptors (Lipinski definition) is 4. The Labute approximate surface area is 155 Å². The van der Waals surface area contributed by atoms with E-state index < -0.39 is 0 Å². The van der Waals surface area contributed by atoms with Crippen LogP contribution in [-0.4, -0.2) is 44.8 Å². The van der Waals surface area contributed by atoms with Crippen LogP contribution in [0, 0.1) is 0 Å². The number of nitrogens with zero attached hydrogens (tertiary/aromatic N) is 3. The minimum absolute atomic E-state index is 0.0270. The molecular formula is C17H19Cl2N5O. The van der Waals surface area contributed by atoms with E-state index in [-0.39, 0.29) is 18.0 Å². The molecule has 2 N–H and O–H groups in total. The number of halogens is 2. The molecule has 3 heterocycles. The van der Waals surface area contributed by atoms with Gasteiger partial charge in [-0.15, -0.1) is 5.10 Å². The van der Waals surface area contributed by atoms with Crippen molar-refractivity contribution in [2.45, 2.75) is 44.3 Å². The van der Waals surface area contributed by atoms with Crippen LogP contribution in [0.15, 0.2) is 18.2 Å². The smallest absolute Gasteiger partial charge is 0.240 e. The first-order chi connectivity index (χ1) is 12.1. The number of aromatic nitrogens is 3. The van der Waals surface area contributed by atoms with Crippen LogP contribution in [0.4, 0.5) is 0 Å². The predicted octanol–water partition coefficient (Wildman–Crippen LogP) is 2.36. The fourth-order valence-corrected chi connectivity index (χ4v) is 4.31. The third-order valence-corrected chi connectivity index (χ3v) is 5.38. The summed E-state index contributed by atoms with van der Waals surface area (Å²) in [4.78, 5) is 15.0. The Morgan fingerprint density at radius 1 is 1.28 bits per heavy atom. The highest BCUT2D eigenvalue weighted by Crippen LogP contribution is 2.27. The van der Waals surface area contributed by atoms with Crippen molar-refractivity contribution in [1.82, 2.24) is 25.6 Å². The van der Waals surface area contributed by atoms with E-state index in [2.05, 4.69) is 20.7 Å². The summed E-state index contributed by atoms with van der Waals surface area (Å²) in [7, 11) is 0. The highest BCUT2D eigenvalue weighted by atomic mass is 35.5. The minimum atomic E-state index is -0.0982. The van der Waals surface area contributed by atoms with E-state index in [1.54, 1.807) is 6.07 Å². The van der Waals surface area contributed by atoms with Gasteiger partial charge in [-0.25, -0.2) is 0 Å². The molecule has 2 aromatic rings. The molecule has 0 radical (unpaired) electrons. The van der Waals surface area contributed by atoms with Gasteiger partial charge >= 0.3 is 0 Å². The summed E-state index contributed by atoms with van der Waals surface area (Å²) in [6, 6.07) is 5.46. The Morgan fingerprint density at radius 3 is 2.80 bits per heavy atom. The van der Waals surface area contributed by atoms with Gasteiger partial charge in [0.2, 0.25) is 5.91 Å². The summed E-state index contributed by atoms with van der Waals surface area (Å²) in [5.74, 6) is 0.143. The summed E-state index contributed by atoms with van der Waals surface area (Å²) in [5.41, 5.74) is 2.88. The van der Waals surface area contributed by atoms with Crippen molar-refractivity contribution in [2.75, 3.05) is 6.54 Å². The molecule has 2 aliphatic heterocycles. The van der Waals surface area contributed by atoms with Crippen molar-refractivity contribution in [3.05, 3.63) is 45.2 Å². The number of rotatable bonds is 3. The number of carbonyl (C=O) groups excluding carboxylic acids is 1. The van der Waals surface area contributed by atoms with Crippen molar-refractivity contribution in [2.24, 2.45) is 0 Å². The zero-order chi connectivity index (χ0) is 17.4. The second-order valence-corrected chi connectivity index (χ2v) is 7.56. The summed E-state index contributed by atoms with van der Waals surface area (Å²) in [5, 5.41) is 15.5. The third-order valence-electron chi connectivity index (χ3n) is 4.94. The van der Waals surface area contributed by atoms with Gasteiger partial charge in [-0.2, -0.15) is 0 Å². The van der Waals surface area contributed by atoms with Gasteiger partial charge < -0.3 is 10.2 Å². The Kier molecular flexibility index (Phi) is 4.67. The molecule has 0 bridgehead atoms. The first-order valence-corrected chi connectivity index (χ1v) is 9.23. The lowest BCUT2D eigenvalue weighted by Gasteiger charge is -2.36. The predicted molar refractivity (Wildman–Crippen MR) is 95.6 cm³/mol. The molecule has 1 fully saturated rings. The quantitative estimate of drug-likeness (QED) is 0.858. The van der Waals surface area contributed by atoms with Crippen LogP contribution >= 0.6 is 23.2 Å². The highest BCUT2D eigenvalue weighted by Gasteiger charge is 2.36. The largest absolute Gasteiger partial charge is 0.332 e. The van der Waals surface area contributed by atoms with Crippen LogP contribution in [0.1, 0.15) is 29.8 Å². The van der Waals surface area contributed by atoms with Crippen LogP contribution in [0.3, 0.4) is 0 Å². The van der Waals surface area contributed by atoms with Gasteiger partial charge in [0.1, 0.15) is 5.69 Å². The fourth-order valence-electron chi connectivity index (χ4n) is 3.73. The maximum atomic E-state index is 13.0. The molecule has 0 aliphatic carbocycles. The fraction of sp³-hybridized carbons (Fsp3) is 0.471. The summed E-state index contributed by atoms with van der Waals surface area (Å²) >= 11 is 12.3. The van der Waals surface area contributed by atoms with Crippen molar-refractivity contribution in [3.63, 3.8) is 0 Å². The number of nitrogens with one attached hydrogen (secondary N) is 2. The summed E-state index contributed by atoms with van der Waals surface area (Å²) in [6.07, 6.45) is 3.31. The monoisotopic (exact) mass is 379 g/mol. The van der Waals surface area contributed by atoms with E-state index in [9.17, 15) is 4.79 Å². The number of fused-ring (bicyclic) bond motifs is 1. The Morgan fingerprint density at radius 2 is 2.08 bits per heavy atom. The molecule has 0 saturated carbocycles. The Bertz CT molecular complexity index is 767. The lowest BCUT2D eigenvalue weighted by Crippen LogP contribution is -2.51.